The van der Waals surface area contributed by atoms with Crippen molar-refractivity contribution in [1.29, 1.82) is 0 Å². The van der Waals surface area contributed by atoms with E-state index in [4.69, 9.17) is 18.9 Å². The first kappa shape index (κ1) is 20.7. The van der Waals surface area contributed by atoms with Gasteiger partial charge in [0, 0.05) is 5.92 Å². The lowest BCUT2D eigenvalue weighted by Crippen LogP contribution is -2.05. The summed E-state index contributed by atoms with van der Waals surface area (Å²) in [5, 5.41) is 0. The molecule has 7 rings (SSSR count). The largest absolute Gasteiger partial charge is 0.491 e. The molecule has 0 N–H and O–H groups in total. The minimum absolute atomic E-state index is 0.168. The number of ether oxygens (including phenoxy) is 4. The third-order valence-corrected chi connectivity index (χ3v) is 7.01. The number of hydrogen-bond donors (Lipinski definition) is 0. The van der Waals surface area contributed by atoms with Crippen LogP contribution in [-0.2, 0) is 9.47 Å². The van der Waals surface area contributed by atoms with E-state index >= 15 is 0 Å². The minimum atomic E-state index is 0.168. The van der Waals surface area contributed by atoms with Gasteiger partial charge >= 0.3 is 0 Å². The smallest absolute Gasteiger partial charge is 0.119 e. The maximum absolute atomic E-state index is 5.88. The Hall–Kier alpha value is -3.60. The summed E-state index contributed by atoms with van der Waals surface area (Å²) in [5.74, 6) is 1.93. The molecule has 0 amide bonds. The number of hydrogen-bond acceptors (Lipinski definition) is 4. The van der Waals surface area contributed by atoms with Crippen LogP contribution < -0.4 is 9.47 Å². The Morgan fingerprint density at radius 1 is 0.600 bits per heavy atom. The van der Waals surface area contributed by atoms with Crippen molar-refractivity contribution in [2.24, 2.45) is 0 Å². The molecule has 2 fully saturated rings. The molecule has 4 nitrogen and oxygen atoms in total. The van der Waals surface area contributed by atoms with Crippen LogP contribution in [0.15, 0.2) is 91.0 Å². The Morgan fingerprint density at radius 3 is 1.83 bits per heavy atom. The van der Waals surface area contributed by atoms with E-state index < -0.39 is 0 Å². The quantitative estimate of drug-likeness (QED) is 0.263. The maximum atomic E-state index is 5.88. The molecule has 2 aliphatic heterocycles. The summed E-state index contributed by atoms with van der Waals surface area (Å²) in [6.45, 7) is 2.84. The summed E-state index contributed by atoms with van der Waals surface area (Å²) in [5.41, 5.74) is 9.03. The monoisotopic (exact) mass is 462 g/mol. The van der Waals surface area contributed by atoms with Gasteiger partial charge in [-0.15, -0.1) is 0 Å². The van der Waals surface area contributed by atoms with Crippen LogP contribution in [0.1, 0.15) is 22.6 Å². The van der Waals surface area contributed by atoms with Crippen molar-refractivity contribution in [2.75, 3.05) is 26.4 Å². The van der Waals surface area contributed by atoms with Crippen LogP contribution in [0.2, 0.25) is 0 Å². The van der Waals surface area contributed by atoms with Gasteiger partial charge in [-0.05, 0) is 63.2 Å². The molecule has 0 bridgehead atoms. The lowest BCUT2D eigenvalue weighted by Gasteiger charge is -2.19. The number of rotatable bonds is 8. The van der Waals surface area contributed by atoms with Crippen LogP contribution in [0.25, 0.3) is 22.3 Å². The summed E-state index contributed by atoms with van der Waals surface area (Å²) in [7, 11) is 0. The molecule has 0 aromatic heterocycles. The molecule has 2 heterocycles. The third kappa shape index (κ3) is 4.09. The average Bonchev–Trinajstić information content (AvgIpc) is 3.85. The van der Waals surface area contributed by atoms with E-state index in [1.165, 1.54) is 38.9 Å². The molecule has 3 aliphatic rings. The molecular weight excluding hydrogens is 436 g/mol. The first-order valence-corrected chi connectivity index (χ1v) is 12.2. The number of fused-ring (bicyclic) bond motifs is 3. The van der Waals surface area contributed by atoms with Gasteiger partial charge < -0.3 is 18.9 Å². The van der Waals surface area contributed by atoms with Crippen molar-refractivity contribution >= 4 is 0 Å². The molecular formula is C31H26O4. The molecule has 35 heavy (non-hydrogen) atoms. The zero-order valence-electron chi connectivity index (χ0n) is 19.4. The standard InChI is InChI=1S/C31H26O4/c1-2-5-28-27(4-1)29-7-3-6-26(20-8-12-22(13-9-20)32-16-24-18-34-24)31(29)30(28)21-10-14-23(15-11-21)33-17-25-19-35-25/h1-15,24-25,30H,16-19H2. The molecule has 3 atom stereocenters. The topological polar surface area (TPSA) is 43.5 Å². The van der Waals surface area contributed by atoms with Gasteiger partial charge in [-0.25, -0.2) is 0 Å². The highest BCUT2D eigenvalue weighted by Gasteiger charge is 2.32. The molecule has 0 spiro atoms. The van der Waals surface area contributed by atoms with Crippen molar-refractivity contribution < 1.29 is 18.9 Å². The second-order valence-corrected chi connectivity index (χ2v) is 9.41. The summed E-state index contributed by atoms with van der Waals surface area (Å²) < 4.78 is 22.3. The van der Waals surface area contributed by atoms with Crippen LogP contribution in [-0.4, -0.2) is 38.6 Å². The Morgan fingerprint density at radius 2 is 1.17 bits per heavy atom. The summed E-state index contributed by atoms with van der Waals surface area (Å²) >= 11 is 0. The molecule has 3 unspecified atom stereocenters. The summed E-state index contributed by atoms with van der Waals surface area (Å²) in [6.07, 6.45) is 0.509. The molecule has 4 heteroatoms. The molecule has 4 aromatic carbocycles. The Labute approximate surface area is 205 Å². The highest BCUT2D eigenvalue weighted by Crippen LogP contribution is 2.51. The van der Waals surface area contributed by atoms with E-state index in [0.717, 1.165) is 24.7 Å². The predicted molar refractivity (Wildman–Crippen MR) is 135 cm³/mol. The first-order chi connectivity index (χ1) is 17.3. The van der Waals surface area contributed by atoms with Crippen LogP contribution in [0.3, 0.4) is 0 Å². The van der Waals surface area contributed by atoms with Crippen LogP contribution in [0, 0.1) is 0 Å². The Balaban J connectivity index is 1.25. The number of benzene rings is 4. The Bertz CT molecular complexity index is 1350. The van der Waals surface area contributed by atoms with Gasteiger partial charge in [0.2, 0.25) is 0 Å². The van der Waals surface area contributed by atoms with Crippen molar-refractivity contribution in [3.63, 3.8) is 0 Å². The fraction of sp³-hybridized carbons (Fsp3) is 0.226. The minimum Gasteiger partial charge on any atom is -0.491 e. The van der Waals surface area contributed by atoms with E-state index in [1.807, 2.05) is 0 Å². The zero-order chi connectivity index (χ0) is 23.2. The second kappa shape index (κ2) is 8.56. The van der Waals surface area contributed by atoms with Gasteiger partial charge in [-0.2, -0.15) is 0 Å². The highest BCUT2D eigenvalue weighted by molar-refractivity contribution is 5.88. The SMILES string of the molecule is c1ccc2c(c1)-c1cccc(-c3ccc(OCC4CO4)cc3)c1C2c1ccc(OCC2CO2)cc1. The van der Waals surface area contributed by atoms with Crippen LogP contribution >= 0.6 is 0 Å². The van der Waals surface area contributed by atoms with Gasteiger partial charge in [0.25, 0.3) is 0 Å². The van der Waals surface area contributed by atoms with Gasteiger partial charge in [0.05, 0.1) is 13.2 Å². The van der Waals surface area contributed by atoms with E-state index in [9.17, 15) is 0 Å². The molecule has 2 saturated heterocycles. The fourth-order valence-corrected chi connectivity index (χ4v) is 5.05. The second-order valence-electron chi connectivity index (χ2n) is 9.41. The van der Waals surface area contributed by atoms with Crippen molar-refractivity contribution in [1.82, 2.24) is 0 Å². The fourth-order valence-electron chi connectivity index (χ4n) is 5.05. The van der Waals surface area contributed by atoms with Gasteiger partial charge in [0.1, 0.15) is 36.9 Å². The average molecular weight is 463 g/mol. The van der Waals surface area contributed by atoms with E-state index in [2.05, 4.69) is 91.0 Å². The first-order valence-electron chi connectivity index (χ1n) is 12.2. The maximum Gasteiger partial charge on any atom is 0.119 e. The lowest BCUT2D eigenvalue weighted by atomic mass is 9.85. The molecule has 0 radical (unpaired) electrons. The van der Waals surface area contributed by atoms with Gasteiger partial charge in [-0.1, -0.05) is 66.7 Å². The Kier molecular flexibility index (Phi) is 5.07. The molecule has 0 saturated carbocycles. The third-order valence-electron chi connectivity index (χ3n) is 7.01. The van der Waals surface area contributed by atoms with Crippen LogP contribution in [0.4, 0.5) is 0 Å². The van der Waals surface area contributed by atoms with Crippen molar-refractivity contribution in [2.45, 2.75) is 18.1 Å². The summed E-state index contributed by atoms with van der Waals surface area (Å²) in [4.78, 5) is 0. The molecule has 174 valence electrons. The highest BCUT2D eigenvalue weighted by atomic mass is 16.6. The van der Waals surface area contributed by atoms with E-state index in [1.54, 1.807) is 0 Å². The van der Waals surface area contributed by atoms with Crippen molar-refractivity contribution in [3.05, 3.63) is 108 Å². The number of epoxide rings is 2. The molecule has 4 aromatic rings. The lowest BCUT2D eigenvalue weighted by molar-refractivity contribution is 0.263. The summed E-state index contributed by atoms with van der Waals surface area (Å²) in [6, 6.07) is 32.4. The molecule has 1 aliphatic carbocycles. The normalized spacial score (nSPS) is 21.2. The predicted octanol–water partition coefficient (Wildman–Crippen LogP) is 6.07. The zero-order valence-corrected chi connectivity index (χ0v) is 19.4. The van der Waals surface area contributed by atoms with Gasteiger partial charge in [-0.3, -0.25) is 0 Å². The van der Waals surface area contributed by atoms with Crippen LogP contribution in [0.5, 0.6) is 11.5 Å². The van der Waals surface area contributed by atoms with E-state index in [0.29, 0.717) is 13.2 Å². The van der Waals surface area contributed by atoms with Gasteiger partial charge in [0.15, 0.2) is 0 Å². The van der Waals surface area contributed by atoms with Crippen molar-refractivity contribution in [3.8, 4) is 33.8 Å². The van der Waals surface area contributed by atoms with E-state index in [-0.39, 0.29) is 18.1 Å².